The van der Waals surface area contributed by atoms with Crippen molar-refractivity contribution in [1.29, 1.82) is 0 Å². The highest BCUT2D eigenvalue weighted by molar-refractivity contribution is 5.71. The van der Waals surface area contributed by atoms with Crippen molar-refractivity contribution in [2.24, 2.45) is 0 Å². The summed E-state index contributed by atoms with van der Waals surface area (Å²) in [6, 6.07) is 0. The number of hydrogen-bond acceptors (Lipinski definition) is 5. The highest BCUT2D eigenvalue weighted by Gasteiger charge is 2.15. The average Bonchev–Trinajstić information content (AvgIpc) is 2.57. The Morgan fingerprint density at radius 3 is 2.81 bits per heavy atom. The van der Waals surface area contributed by atoms with Gasteiger partial charge in [0.1, 0.15) is 12.4 Å². The van der Waals surface area contributed by atoms with Crippen LogP contribution in [0.25, 0.3) is 0 Å². The lowest BCUT2D eigenvalue weighted by molar-refractivity contribution is -0.147. The summed E-state index contributed by atoms with van der Waals surface area (Å²) in [5.41, 5.74) is 0. The number of ether oxygens (including phenoxy) is 1. The number of carbonyl (C=O) groups is 1. The smallest absolute Gasteiger partial charge is 0.332 e. The Hall–Kier alpha value is -1.47. The first-order chi connectivity index (χ1) is 7.56. The summed E-state index contributed by atoms with van der Waals surface area (Å²) in [6.07, 6.45) is -1.25. The number of aliphatic carboxylic acids is 1. The zero-order valence-electron chi connectivity index (χ0n) is 9.25. The molecule has 1 aromatic rings. The molecule has 1 aromatic heterocycles. The molecule has 0 saturated heterocycles. The Balaban J connectivity index is 2.65. The van der Waals surface area contributed by atoms with Crippen LogP contribution in [0.3, 0.4) is 0 Å². The quantitative estimate of drug-likeness (QED) is 0.686. The second kappa shape index (κ2) is 5.57. The van der Waals surface area contributed by atoms with Gasteiger partial charge in [0.25, 0.3) is 0 Å². The summed E-state index contributed by atoms with van der Waals surface area (Å²) >= 11 is 0. The van der Waals surface area contributed by atoms with Gasteiger partial charge < -0.3 is 19.5 Å². The van der Waals surface area contributed by atoms with Crippen LogP contribution in [0.5, 0.6) is 0 Å². The van der Waals surface area contributed by atoms with E-state index in [1.807, 2.05) is 0 Å². The molecule has 1 rings (SSSR count). The van der Waals surface area contributed by atoms with Gasteiger partial charge in [0, 0.05) is 20.1 Å². The highest BCUT2D eigenvalue weighted by atomic mass is 16.5. The second-order valence-electron chi connectivity index (χ2n) is 3.39. The molecule has 0 bridgehead atoms. The number of aromatic nitrogens is 3. The van der Waals surface area contributed by atoms with Crippen LogP contribution < -0.4 is 0 Å². The van der Waals surface area contributed by atoms with Gasteiger partial charge >= 0.3 is 5.97 Å². The van der Waals surface area contributed by atoms with Gasteiger partial charge in [0.2, 0.25) is 0 Å². The van der Waals surface area contributed by atoms with Crippen LogP contribution in [0.2, 0.25) is 0 Å². The number of aliphatic hydroxyl groups is 1. The van der Waals surface area contributed by atoms with Crippen LogP contribution in [0, 0.1) is 6.92 Å². The van der Waals surface area contributed by atoms with Crippen LogP contribution in [0.1, 0.15) is 18.1 Å². The van der Waals surface area contributed by atoms with E-state index in [-0.39, 0.29) is 6.42 Å². The number of hydrogen-bond donors (Lipinski definition) is 2. The Bertz CT molecular complexity index is 364. The van der Waals surface area contributed by atoms with E-state index >= 15 is 0 Å². The third-order valence-corrected chi connectivity index (χ3v) is 2.20. The van der Waals surface area contributed by atoms with Crippen molar-refractivity contribution >= 4 is 5.97 Å². The standard InChI is InChI=1S/C9H15N3O4/c1-6-10-11-8(5-16-2)12(6)4-3-7(13)9(14)15/h7,13H,3-5H2,1-2H3,(H,14,15). The first kappa shape index (κ1) is 12.6. The molecule has 0 saturated carbocycles. The maximum atomic E-state index is 10.4. The molecule has 0 spiro atoms. The van der Waals surface area contributed by atoms with Crippen molar-refractivity contribution in [2.75, 3.05) is 7.11 Å². The number of methoxy groups -OCH3 is 1. The van der Waals surface area contributed by atoms with Gasteiger partial charge in [-0.15, -0.1) is 10.2 Å². The molecule has 1 heterocycles. The fraction of sp³-hybridized carbons (Fsp3) is 0.667. The van der Waals surface area contributed by atoms with Gasteiger partial charge in [-0.1, -0.05) is 0 Å². The molecule has 1 atom stereocenters. The van der Waals surface area contributed by atoms with Crippen LogP contribution in [-0.2, 0) is 22.7 Å². The van der Waals surface area contributed by atoms with Gasteiger partial charge in [-0.25, -0.2) is 4.79 Å². The van der Waals surface area contributed by atoms with Crippen LogP contribution in [0.15, 0.2) is 0 Å². The fourth-order valence-electron chi connectivity index (χ4n) is 1.33. The van der Waals surface area contributed by atoms with E-state index < -0.39 is 12.1 Å². The summed E-state index contributed by atoms with van der Waals surface area (Å²) in [6.45, 7) is 2.42. The van der Waals surface area contributed by atoms with Crippen molar-refractivity contribution in [2.45, 2.75) is 32.6 Å². The van der Waals surface area contributed by atoms with E-state index in [1.165, 1.54) is 0 Å². The molecule has 7 nitrogen and oxygen atoms in total. The first-order valence-corrected chi connectivity index (χ1v) is 4.84. The van der Waals surface area contributed by atoms with Gasteiger partial charge in [-0.3, -0.25) is 0 Å². The Kier molecular flexibility index (Phi) is 4.39. The lowest BCUT2D eigenvalue weighted by Gasteiger charge is -2.09. The summed E-state index contributed by atoms with van der Waals surface area (Å²) in [5, 5.41) is 25.4. The minimum atomic E-state index is -1.36. The molecular weight excluding hydrogens is 214 g/mol. The second-order valence-corrected chi connectivity index (χ2v) is 3.39. The minimum absolute atomic E-state index is 0.116. The maximum absolute atomic E-state index is 10.4. The van der Waals surface area contributed by atoms with Crippen molar-refractivity contribution in [3.05, 3.63) is 11.6 Å². The number of aryl methyl sites for hydroxylation is 1. The van der Waals surface area contributed by atoms with Crippen molar-refractivity contribution in [3.63, 3.8) is 0 Å². The topological polar surface area (TPSA) is 97.5 Å². The van der Waals surface area contributed by atoms with Gasteiger partial charge in [-0.05, 0) is 6.92 Å². The third kappa shape index (κ3) is 3.01. The molecular formula is C9H15N3O4. The molecule has 0 fully saturated rings. The fourth-order valence-corrected chi connectivity index (χ4v) is 1.33. The normalized spacial score (nSPS) is 12.7. The molecule has 90 valence electrons. The molecule has 0 aromatic carbocycles. The number of carboxylic acid groups (broad SMARTS) is 1. The van der Waals surface area contributed by atoms with Gasteiger partial charge in [0.05, 0.1) is 0 Å². The number of rotatable bonds is 6. The average molecular weight is 229 g/mol. The zero-order chi connectivity index (χ0) is 12.1. The monoisotopic (exact) mass is 229 g/mol. The minimum Gasteiger partial charge on any atom is -0.479 e. The molecule has 0 aliphatic carbocycles. The molecule has 0 aliphatic heterocycles. The highest BCUT2D eigenvalue weighted by Crippen LogP contribution is 2.05. The number of carboxylic acids is 1. The van der Waals surface area contributed by atoms with Crippen molar-refractivity contribution in [1.82, 2.24) is 14.8 Å². The Labute approximate surface area is 92.7 Å². The molecule has 0 aliphatic rings. The summed E-state index contributed by atoms with van der Waals surface area (Å²) in [7, 11) is 1.54. The third-order valence-electron chi connectivity index (χ3n) is 2.20. The van der Waals surface area contributed by atoms with E-state index in [0.717, 1.165) is 0 Å². The van der Waals surface area contributed by atoms with E-state index in [9.17, 15) is 4.79 Å². The molecule has 0 radical (unpaired) electrons. The largest absolute Gasteiger partial charge is 0.479 e. The maximum Gasteiger partial charge on any atom is 0.332 e. The number of aliphatic hydroxyl groups excluding tert-OH is 1. The van der Waals surface area contributed by atoms with Crippen LogP contribution in [-0.4, -0.2) is 44.2 Å². The molecule has 0 amide bonds. The first-order valence-electron chi connectivity index (χ1n) is 4.84. The van der Waals surface area contributed by atoms with E-state index in [4.69, 9.17) is 14.9 Å². The predicted octanol–water partition coefficient (Wildman–Crippen LogP) is -0.431. The zero-order valence-corrected chi connectivity index (χ0v) is 9.25. The Morgan fingerprint density at radius 2 is 2.25 bits per heavy atom. The van der Waals surface area contributed by atoms with Crippen LogP contribution >= 0.6 is 0 Å². The van der Waals surface area contributed by atoms with E-state index in [1.54, 1.807) is 18.6 Å². The molecule has 16 heavy (non-hydrogen) atoms. The van der Waals surface area contributed by atoms with E-state index in [0.29, 0.717) is 24.8 Å². The summed E-state index contributed by atoms with van der Waals surface area (Å²) in [4.78, 5) is 10.4. The molecule has 7 heteroatoms. The van der Waals surface area contributed by atoms with Crippen molar-refractivity contribution < 1.29 is 19.7 Å². The SMILES string of the molecule is COCc1nnc(C)n1CCC(O)C(=O)O. The Morgan fingerprint density at radius 1 is 1.56 bits per heavy atom. The number of nitrogens with zero attached hydrogens (tertiary/aromatic N) is 3. The van der Waals surface area contributed by atoms with Crippen LogP contribution in [0.4, 0.5) is 0 Å². The van der Waals surface area contributed by atoms with Gasteiger partial charge in [0.15, 0.2) is 11.9 Å². The molecule has 1 unspecified atom stereocenters. The lowest BCUT2D eigenvalue weighted by atomic mass is 10.2. The van der Waals surface area contributed by atoms with Crippen molar-refractivity contribution in [3.8, 4) is 0 Å². The predicted molar refractivity (Wildman–Crippen MR) is 53.7 cm³/mol. The molecule has 2 N–H and O–H groups in total. The van der Waals surface area contributed by atoms with E-state index in [2.05, 4.69) is 10.2 Å². The summed E-state index contributed by atoms with van der Waals surface area (Å²) in [5.74, 6) is 0.0706. The van der Waals surface area contributed by atoms with Gasteiger partial charge in [-0.2, -0.15) is 0 Å². The lowest BCUT2D eigenvalue weighted by Crippen LogP contribution is -2.22. The summed E-state index contributed by atoms with van der Waals surface area (Å²) < 4.78 is 6.67.